The lowest BCUT2D eigenvalue weighted by molar-refractivity contribution is 0.0691. The number of rotatable bonds is 4. The number of benzene rings is 1. The summed E-state index contributed by atoms with van der Waals surface area (Å²) in [5, 5.41) is 10.4. The Morgan fingerprint density at radius 2 is 2.00 bits per heavy atom. The fourth-order valence-corrected chi connectivity index (χ4v) is 3.24. The summed E-state index contributed by atoms with van der Waals surface area (Å²) in [6, 6.07) is 5.70. The van der Waals surface area contributed by atoms with Crippen molar-refractivity contribution in [3.8, 4) is 5.75 Å². The molecule has 132 valence electrons. The van der Waals surface area contributed by atoms with Crippen molar-refractivity contribution in [1.29, 1.82) is 0 Å². The normalized spacial score (nSPS) is 16.3. The maximum absolute atomic E-state index is 11.0. The van der Waals surface area contributed by atoms with Crippen LogP contribution in [0.15, 0.2) is 18.2 Å². The molecule has 2 aromatic rings. The zero-order chi connectivity index (χ0) is 16.6. The number of aromatic amines is 1. The Balaban J connectivity index is 0.00000208. The topological polar surface area (TPSA) is 65.6 Å². The quantitative estimate of drug-likeness (QED) is 0.843. The second kappa shape index (κ2) is 7.64. The second-order valence-electron chi connectivity index (χ2n) is 6.30. The van der Waals surface area contributed by atoms with Crippen molar-refractivity contribution < 1.29 is 14.6 Å². The number of hydrogen-bond acceptors (Lipinski definition) is 3. The Kier molecular flexibility index (Phi) is 6.01. The smallest absolute Gasteiger partial charge is 0.352 e. The van der Waals surface area contributed by atoms with Gasteiger partial charge in [-0.05, 0) is 44.9 Å². The van der Waals surface area contributed by atoms with E-state index in [9.17, 15) is 4.79 Å². The van der Waals surface area contributed by atoms with E-state index in [0.29, 0.717) is 22.3 Å². The van der Waals surface area contributed by atoms with Crippen LogP contribution in [0.2, 0.25) is 5.02 Å². The van der Waals surface area contributed by atoms with Crippen molar-refractivity contribution in [3.05, 3.63) is 28.9 Å². The maximum atomic E-state index is 11.0. The van der Waals surface area contributed by atoms with E-state index in [0.717, 1.165) is 31.3 Å². The molecule has 1 aromatic carbocycles. The monoisotopic (exact) mass is 372 g/mol. The predicted molar refractivity (Wildman–Crippen MR) is 97.9 cm³/mol. The van der Waals surface area contributed by atoms with E-state index in [4.69, 9.17) is 21.4 Å². The minimum atomic E-state index is -0.985. The zero-order valence-electron chi connectivity index (χ0n) is 13.7. The summed E-state index contributed by atoms with van der Waals surface area (Å²) < 4.78 is 6.07. The van der Waals surface area contributed by atoms with Crippen LogP contribution in [0.1, 0.15) is 37.2 Å². The van der Waals surface area contributed by atoms with Gasteiger partial charge in [0.2, 0.25) is 0 Å². The largest absolute Gasteiger partial charge is 0.489 e. The molecule has 0 spiro atoms. The van der Waals surface area contributed by atoms with Crippen LogP contribution in [-0.2, 0) is 0 Å². The Morgan fingerprint density at radius 3 is 2.58 bits per heavy atom. The molecule has 1 aliphatic rings. The number of carbonyl (C=O) groups is 1. The van der Waals surface area contributed by atoms with E-state index in [1.165, 1.54) is 0 Å². The fraction of sp³-hybridized carbons (Fsp3) is 0.471. The first kappa shape index (κ1) is 18.9. The van der Waals surface area contributed by atoms with E-state index in [1.54, 1.807) is 12.1 Å². The van der Waals surface area contributed by atoms with Crippen LogP contribution in [-0.4, -0.2) is 46.2 Å². The van der Waals surface area contributed by atoms with Gasteiger partial charge in [0.25, 0.3) is 0 Å². The minimum absolute atomic E-state index is 0. The lowest BCUT2D eigenvalue weighted by Gasteiger charge is -2.34. The van der Waals surface area contributed by atoms with Gasteiger partial charge in [0, 0.05) is 30.0 Å². The van der Waals surface area contributed by atoms with Crippen LogP contribution in [0.5, 0.6) is 5.75 Å². The van der Waals surface area contributed by atoms with Crippen LogP contribution in [0.25, 0.3) is 10.9 Å². The predicted octanol–water partition coefficient (Wildman–Crippen LogP) is 4.19. The number of carboxylic acids is 1. The number of aromatic carboxylic acids is 1. The number of H-pyrrole nitrogens is 1. The number of fused-ring (bicyclic) bond motifs is 1. The van der Waals surface area contributed by atoms with Crippen LogP contribution < -0.4 is 4.74 Å². The van der Waals surface area contributed by atoms with Crippen molar-refractivity contribution in [2.24, 2.45) is 0 Å². The molecule has 2 N–H and O–H groups in total. The van der Waals surface area contributed by atoms with Gasteiger partial charge < -0.3 is 19.7 Å². The van der Waals surface area contributed by atoms with Crippen LogP contribution in [0.3, 0.4) is 0 Å². The van der Waals surface area contributed by atoms with Crippen LogP contribution >= 0.6 is 24.0 Å². The third kappa shape index (κ3) is 3.97. The van der Waals surface area contributed by atoms with Gasteiger partial charge in [-0.1, -0.05) is 11.6 Å². The molecule has 0 unspecified atom stereocenters. The van der Waals surface area contributed by atoms with Crippen LogP contribution in [0, 0.1) is 0 Å². The lowest BCUT2D eigenvalue weighted by Crippen LogP contribution is -2.41. The number of ether oxygens (including phenoxy) is 1. The number of nitrogens with one attached hydrogen (secondary N) is 1. The number of carboxylic acid groups (broad SMARTS) is 1. The van der Waals surface area contributed by atoms with Gasteiger partial charge in [-0.2, -0.15) is 0 Å². The molecule has 2 heterocycles. The number of nitrogens with zero attached hydrogens (tertiary/aromatic N) is 1. The molecule has 3 rings (SSSR count). The van der Waals surface area contributed by atoms with Gasteiger partial charge in [-0.3, -0.25) is 0 Å². The van der Waals surface area contributed by atoms with Gasteiger partial charge >= 0.3 is 5.97 Å². The highest BCUT2D eigenvalue weighted by molar-refractivity contribution is 6.32. The van der Waals surface area contributed by atoms with Gasteiger partial charge in [0.05, 0.1) is 5.02 Å². The van der Waals surface area contributed by atoms with E-state index in [1.807, 2.05) is 6.07 Å². The van der Waals surface area contributed by atoms with E-state index in [-0.39, 0.29) is 24.2 Å². The molecule has 24 heavy (non-hydrogen) atoms. The summed E-state index contributed by atoms with van der Waals surface area (Å²) >= 11 is 6.29. The average molecular weight is 373 g/mol. The van der Waals surface area contributed by atoms with E-state index < -0.39 is 5.97 Å². The highest BCUT2D eigenvalue weighted by Crippen LogP contribution is 2.32. The van der Waals surface area contributed by atoms with Gasteiger partial charge in [0.1, 0.15) is 17.5 Å². The molecule has 0 bridgehead atoms. The number of piperidine rings is 1. The summed E-state index contributed by atoms with van der Waals surface area (Å²) in [5.74, 6) is -0.362. The van der Waals surface area contributed by atoms with Crippen molar-refractivity contribution in [2.75, 3.05) is 13.1 Å². The Morgan fingerprint density at radius 1 is 1.33 bits per heavy atom. The summed E-state index contributed by atoms with van der Waals surface area (Å²) in [7, 11) is 0. The fourth-order valence-electron chi connectivity index (χ4n) is 3.03. The van der Waals surface area contributed by atoms with Crippen molar-refractivity contribution in [1.82, 2.24) is 9.88 Å². The molecule has 1 aromatic heterocycles. The van der Waals surface area contributed by atoms with E-state index in [2.05, 4.69) is 23.7 Å². The molecular formula is C17H22Cl2N2O3. The molecular weight excluding hydrogens is 351 g/mol. The zero-order valence-corrected chi connectivity index (χ0v) is 15.3. The standard InChI is InChI=1S/C17H21ClN2O3.ClH/c1-10(2)20-5-3-12(4-6-20)23-16-8-11-7-15(17(21)22)19-14(11)9-13(16)18;/h7-10,12,19H,3-6H2,1-2H3,(H,21,22);1H. The number of likely N-dealkylation sites (tertiary alicyclic amines) is 1. The molecule has 0 aliphatic carbocycles. The minimum Gasteiger partial charge on any atom is -0.489 e. The summed E-state index contributed by atoms with van der Waals surface area (Å²) in [4.78, 5) is 16.3. The summed E-state index contributed by atoms with van der Waals surface area (Å²) in [6.45, 7) is 6.46. The second-order valence-corrected chi connectivity index (χ2v) is 6.71. The molecule has 1 saturated heterocycles. The highest BCUT2D eigenvalue weighted by atomic mass is 35.5. The Hall–Kier alpha value is -1.43. The van der Waals surface area contributed by atoms with Gasteiger partial charge in [-0.15, -0.1) is 12.4 Å². The molecule has 1 aliphatic heterocycles. The lowest BCUT2D eigenvalue weighted by atomic mass is 10.1. The number of aromatic nitrogens is 1. The van der Waals surface area contributed by atoms with Crippen molar-refractivity contribution in [2.45, 2.75) is 38.8 Å². The highest BCUT2D eigenvalue weighted by Gasteiger charge is 2.23. The SMILES string of the molecule is CC(C)N1CCC(Oc2cc3cc(C(=O)O)[nH]c3cc2Cl)CC1.Cl. The third-order valence-electron chi connectivity index (χ3n) is 4.40. The van der Waals surface area contributed by atoms with Gasteiger partial charge in [0.15, 0.2) is 0 Å². The van der Waals surface area contributed by atoms with Gasteiger partial charge in [-0.25, -0.2) is 4.79 Å². The Labute approximate surface area is 152 Å². The molecule has 0 radical (unpaired) electrons. The number of halogens is 2. The average Bonchev–Trinajstić information content (AvgIpc) is 2.91. The molecule has 0 saturated carbocycles. The van der Waals surface area contributed by atoms with Crippen molar-refractivity contribution in [3.63, 3.8) is 0 Å². The number of hydrogen-bond donors (Lipinski definition) is 2. The summed E-state index contributed by atoms with van der Waals surface area (Å²) in [6.07, 6.45) is 2.10. The molecule has 0 amide bonds. The van der Waals surface area contributed by atoms with Crippen molar-refractivity contribution >= 4 is 40.9 Å². The maximum Gasteiger partial charge on any atom is 0.352 e. The third-order valence-corrected chi connectivity index (χ3v) is 4.70. The first-order valence-corrected chi connectivity index (χ1v) is 8.28. The summed E-state index contributed by atoms with van der Waals surface area (Å²) in [5.41, 5.74) is 0.854. The molecule has 7 heteroatoms. The first-order valence-electron chi connectivity index (χ1n) is 7.90. The molecule has 5 nitrogen and oxygen atoms in total. The molecule has 1 fully saturated rings. The van der Waals surface area contributed by atoms with Crippen LogP contribution in [0.4, 0.5) is 0 Å². The molecule has 0 atom stereocenters. The van der Waals surface area contributed by atoms with E-state index >= 15 is 0 Å². The Bertz CT molecular complexity index is 722. The first-order chi connectivity index (χ1) is 10.9.